The number of benzene rings is 2. The molecule has 1 saturated carbocycles. The number of thiophene rings is 1. The number of fused-ring (bicyclic) bond motifs is 1. The topological polar surface area (TPSA) is 81.2 Å². The molecule has 0 unspecified atom stereocenters. The number of aromatic nitrogens is 3. The average molecular weight is 599 g/mol. The maximum absolute atomic E-state index is 14.4. The Bertz CT molecular complexity index is 1740. The Kier molecular flexibility index (Phi) is 7.50. The molecule has 2 N–H and O–H groups in total. The lowest BCUT2D eigenvalue weighted by atomic mass is 9.78. The molecule has 0 radical (unpaired) electrons. The molecule has 2 aromatic carbocycles. The zero-order valence-electron chi connectivity index (χ0n) is 24.4. The third-order valence-electron chi connectivity index (χ3n) is 8.53. The van der Waals surface area contributed by atoms with Gasteiger partial charge in [-0.2, -0.15) is 0 Å². The van der Waals surface area contributed by atoms with Crippen molar-refractivity contribution in [3.8, 4) is 28.5 Å². The van der Waals surface area contributed by atoms with Gasteiger partial charge in [0.25, 0.3) is 0 Å². The fourth-order valence-electron chi connectivity index (χ4n) is 6.07. The van der Waals surface area contributed by atoms with Gasteiger partial charge in [-0.05, 0) is 63.2 Å². The molecule has 7 rings (SSSR count). The van der Waals surface area contributed by atoms with Gasteiger partial charge in [0.05, 0.1) is 0 Å². The van der Waals surface area contributed by atoms with E-state index < -0.39 is 5.82 Å². The van der Waals surface area contributed by atoms with Crippen LogP contribution in [0.5, 0.6) is 17.2 Å². The molecule has 1 saturated heterocycles. The number of hydrogen-bond acceptors (Lipinski definition) is 8. The molecule has 5 aromatic rings. The third-order valence-corrected chi connectivity index (χ3v) is 9.50. The fourth-order valence-corrected chi connectivity index (χ4v) is 6.88. The number of halogens is 1. The van der Waals surface area contributed by atoms with E-state index in [0.29, 0.717) is 41.6 Å². The van der Waals surface area contributed by atoms with Gasteiger partial charge in [-0.25, -0.2) is 14.4 Å². The van der Waals surface area contributed by atoms with Gasteiger partial charge in [0.1, 0.15) is 52.5 Å². The van der Waals surface area contributed by atoms with Crippen LogP contribution in [-0.4, -0.2) is 63.4 Å². The minimum atomic E-state index is -0.419. The molecule has 0 atom stereocenters. The van der Waals surface area contributed by atoms with Crippen molar-refractivity contribution in [2.24, 2.45) is 0 Å². The number of likely N-dealkylation sites (N-methyl/N-ethyl adjacent to an activating group) is 1. The minimum absolute atomic E-state index is 0.369. The van der Waals surface area contributed by atoms with Crippen LogP contribution in [0.2, 0.25) is 0 Å². The predicted octanol–water partition coefficient (Wildman–Crippen LogP) is 6.35. The van der Waals surface area contributed by atoms with Gasteiger partial charge in [0.15, 0.2) is 0 Å². The first-order valence-corrected chi connectivity index (χ1v) is 15.5. The number of aryl methyl sites for hydroxylation is 1. The molecule has 2 aliphatic rings. The molecular formula is C33H35FN6O2S. The van der Waals surface area contributed by atoms with E-state index in [0.717, 1.165) is 66.5 Å². The highest BCUT2D eigenvalue weighted by Gasteiger charge is 2.38. The molecule has 43 heavy (non-hydrogen) atoms. The van der Waals surface area contributed by atoms with E-state index in [4.69, 9.17) is 20.2 Å². The Morgan fingerprint density at radius 1 is 0.977 bits per heavy atom. The Morgan fingerprint density at radius 3 is 2.49 bits per heavy atom. The Labute approximate surface area is 254 Å². The second-order valence-corrected chi connectivity index (χ2v) is 12.9. The van der Waals surface area contributed by atoms with Crippen molar-refractivity contribution >= 4 is 22.7 Å². The van der Waals surface area contributed by atoms with Crippen molar-refractivity contribution in [2.45, 2.75) is 38.3 Å². The number of anilines is 1. The van der Waals surface area contributed by atoms with Crippen LogP contribution in [0.4, 0.5) is 10.2 Å². The van der Waals surface area contributed by atoms with Crippen molar-refractivity contribution in [1.82, 2.24) is 24.2 Å². The third kappa shape index (κ3) is 5.82. The lowest BCUT2D eigenvalue weighted by Gasteiger charge is -2.45. The van der Waals surface area contributed by atoms with Gasteiger partial charge in [-0.15, -0.1) is 11.3 Å². The molecule has 2 fully saturated rings. The highest BCUT2D eigenvalue weighted by Crippen LogP contribution is 2.42. The summed E-state index contributed by atoms with van der Waals surface area (Å²) >= 11 is 1.66. The number of nitrogen functional groups attached to an aromatic ring is 1. The van der Waals surface area contributed by atoms with Crippen LogP contribution >= 0.6 is 11.3 Å². The summed E-state index contributed by atoms with van der Waals surface area (Å²) in [5.74, 6) is 2.82. The molecule has 8 nitrogen and oxygen atoms in total. The van der Waals surface area contributed by atoms with Crippen LogP contribution in [0.3, 0.4) is 0 Å². The van der Waals surface area contributed by atoms with Gasteiger partial charge in [0.2, 0.25) is 0 Å². The largest absolute Gasteiger partial charge is 0.488 e. The molecule has 1 aliphatic carbocycles. The second-order valence-electron chi connectivity index (χ2n) is 11.6. The van der Waals surface area contributed by atoms with E-state index >= 15 is 0 Å². The molecule has 3 aromatic heterocycles. The smallest absolute Gasteiger partial charge is 0.150 e. The summed E-state index contributed by atoms with van der Waals surface area (Å²) < 4.78 is 28.3. The van der Waals surface area contributed by atoms with Crippen LogP contribution in [0, 0.1) is 12.7 Å². The molecule has 0 bridgehead atoms. The fraction of sp³-hybridized carbons (Fsp3) is 0.333. The van der Waals surface area contributed by atoms with Crippen LogP contribution in [0.25, 0.3) is 16.8 Å². The number of hydrogen-bond donors (Lipinski definition) is 1. The van der Waals surface area contributed by atoms with Crippen LogP contribution in [-0.2, 0) is 6.61 Å². The summed E-state index contributed by atoms with van der Waals surface area (Å²) in [6.07, 6.45) is 5.90. The number of rotatable bonds is 8. The first kappa shape index (κ1) is 27.8. The van der Waals surface area contributed by atoms with Crippen molar-refractivity contribution < 1.29 is 13.9 Å². The SMILES string of the molecule is Cc1ccc(COc2cc(F)cc(Oc3ccc(-c4nc([C@H]5C[C@@H](N6CCN(C)CC6)C5)n5ccnc(N)c45)cc3)c2)s1. The number of nitrogens with zero attached hydrogens (tertiary/aromatic N) is 5. The van der Waals surface area contributed by atoms with E-state index in [1.165, 1.54) is 17.0 Å². The zero-order chi connectivity index (χ0) is 29.5. The number of imidazole rings is 1. The highest BCUT2D eigenvalue weighted by molar-refractivity contribution is 7.11. The first-order valence-electron chi connectivity index (χ1n) is 14.7. The monoisotopic (exact) mass is 598 g/mol. The molecule has 4 heterocycles. The van der Waals surface area contributed by atoms with Gasteiger partial charge in [-0.1, -0.05) is 0 Å². The van der Waals surface area contributed by atoms with Crippen LogP contribution in [0.1, 0.15) is 34.3 Å². The molecule has 222 valence electrons. The number of piperazine rings is 1. The van der Waals surface area contributed by atoms with E-state index in [-0.39, 0.29) is 0 Å². The highest BCUT2D eigenvalue weighted by atomic mass is 32.1. The maximum atomic E-state index is 14.4. The van der Waals surface area contributed by atoms with Gasteiger partial charge in [-0.3, -0.25) is 9.30 Å². The molecule has 1 aliphatic heterocycles. The maximum Gasteiger partial charge on any atom is 0.150 e. The summed E-state index contributed by atoms with van der Waals surface area (Å²) in [5, 5.41) is 0. The quantitative estimate of drug-likeness (QED) is 0.223. The normalized spacial score (nSPS) is 19.4. The zero-order valence-corrected chi connectivity index (χ0v) is 25.2. The Balaban J connectivity index is 1.07. The van der Waals surface area contributed by atoms with Crippen LogP contribution < -0.4 is 15.2 Å². The molecule has 0 spiro atoms. The summed E-state index contributed by atoms with van der Waals surface area (Å²) in [6, 6.07) is 16.7. The number of nitrogens with two attached hydrogens (primary N) is 1. The molecular weight excluding hydrogens is 563 g/mol. The van der Waals surface area contributed by atoms with E-state index in [1.807, 2.05) is 49.5 Å². The standard InChI is InChI=1S/C33H35FN6O2S/c1-21-3-8-29(43-21)20-41-27-17-24(34)18-28(19-27)42-26-6-4-22(5-7-26)30-31-32(35)36-9-10-40(31)33(37-30)23-15-25(16-23)39-13-11-38(2)12-14-39/h3-10,17-19,23,25H,11-16,20H2,1-2H3,(H2,35,36)/t23-,25+. The lowest BCUT2D eigenvalue weighted by molar-refractivity contribution is 0.0586. The van der Waals surface area contributed by atoms with Crippen molar-refractivity contribution in [1.29, 1.82) is 0 Å². The lowest BCUT2D eigenvalue weighted by Crippen LogP contribution is -2.52. The Morgan fingerprint density at radius 2 is 1.74 bits per heavy atom. The summed E-state index contributed by atoms with van der Waals surface area (Å²) in [7, 11) is 2.19. The van der Waals surface area contributed by atoms with Gasteiger partial charge in [0, 0.05) is 84.0 Å². The summed E-state index contributed by atoms with van der Waals surface area (Å²) in [5.41, 5.74) is 8.94. The molecule has 10 heteroatoms. The average Bonchev–Trinajstić information content (AvgIpc) is 3.57. The van der Waals surface area contributed by atoms with Crippen LogP contribution in [0.15, 0.2) is 67.0 Å². The Hall–Kier alpha value is -3.99. The van der Waals surface area contributed by atoms with E-state index in [1.54, 1.807) is 23.6 Å². The summed E-state index contributed by atoms with van der Waals surface area (Å²) in [4.78, 5) is 16.8. The number of ether oxygens (including phenoxy) is 2. The first-order chi connectivity index (χ1) is 20.9. The van der Waals surface area contributed by atoms with Gasteiger partial charge < -0.3 is 20.1 Å². The van der Waals surface area contributed by atoms with E-state index in [9.17, 15) is 4.39 Å². The van der Waals surface area contributed by atoms with Crippen molar-refractivity contribution in [2.75, 3.05) is 39.0 Å². The van der Waals surface area contributed by atoms with E-state index in [2.05, 4.69) is 26.2 Å². The van der Waals surface area contributed by atoms with Crippen molar-refractivity contribution in [3.05, 3.63) is 88.4 Å². The minimum Gasteiger partial charge on any atom is -0.488 e. The second kappa shape index (κ2) is 11.6. The van der Waals surface area contributed by atoms with Crippen molar-refractivity contribution in [3.63, 3.8) is 0 Å². The predicted molar refractivity (Wildman–Crippen MR) is 168 cm³/mol. The van der Waals surface area contributed by atoms with Gasteiger partial charge >= 0.3 is 0 Å². The summed E-state index contributed by atoms with van der Waals surface area (Å²) in [6.45, 7) is 6.95. The molecule has 0 amide bonds.